The van der Waals surface area contributed by atoms with Crippen molar-refractivity contribution in [3.8, 4) is 0 Å². The number of hydrogen-bond acceptors (Lipinski definition) is 5. The summed E-state index contributed by atoms with van der Waals surface area (Å²) in [5, 5.41) is 10.1. The minimum absolute atomic E-state index is 0.00488. The Morgan fingerprint density at radius 1 is 1.53 bits per heavy atom. The SMILES string of the molecule is CC(C)(F)C(=O)OCC1C2CC3C1OC(=O)C3C2O. The van der Waals surface area contributed by atoms with Gasteiger partial charge >= 0.3 is 11.9 Å². The van der Waals surface area contributed by atoms with Crippen LogP contribution in [0.2, 0.25) is 0 Å². The molecule has 1 N–H and O–H groups in total. The van der Waals surface area contributed by atoms with E-state index in [4.69, 9.17) is 9.47 Å². The minimum atomic E-state index is -2.04. The molecule has 3 aliphatic rings. The van der Waals surface area contributed by atoms with Crippen molar-refractivity contribution in [1.29, 1.82) is 0 Å². The zero-order valence-corrected chi connectivity index (χ0v) is 10.8. The van der Waals surface area contributed by atoms with E-state index in [1.807, 2.05) is 0 Å². The second-order valence-electron chi connectivity index (χ2n) is 6.22. The van der Waals surface area contributed by atoms with Crippen LogP contribution in [0.15, 0.2) is 0 Å². The van der Waals surface area contributed by atoms with Crippen LogP contribution in [0.4, 0.5) is 4.39 Å². The van der Waals surface area contributed by atoms with Gasteiger partial charge in [0.2, 0.25) is 5.67 Å². The highest BCUT2D eigenvalue weighted by molar-refractivity contribution is 5.79. The fourth-order valence-corrected chi connectivity index (χ4v) is 3.71. The molecule has 19 heavy (non-hydrogen) atoms. The van der Waals surface area contributed by atoms with Gasteiger partial charge in [0, 0.05) is 11.8 Å². The van der Waals surface area contributed by atoms with Crippen LogP contribution in [-0.2, 0) is 19.1 Å². The lowest BCUT2D eigenvalue weighted by Gasteiger charge is -2.28. The summed E-state index contributed by atoms with van der Waals surface area (Å²) in [5.74, 6) is -1.99. The van der Waals surface area contributed by atoms with E-state index in [0.717, 1.165) is 13.8 Å². The standard InChI is InChI=1S/C13H17FO5/c1-13(2,14)12(17)18-4-7-5-3-6-8(9(5)15)11(16)19-10(6)7/h5-10,15H,3-4H2,1-2H3. The number of fused-ring (bicyclic) bond motifs is 1. The lowest BCUT2D eigenvalue weighted by Crippen LogP contribution is -2.40. The molecule has 1 aliphatic heterocycles. The second-order valence-corrected chi connectivity index (χ2v) is 6.22. The summed E-state index contributed by atoms with van der Waals surface area (Å²) in [6, 6.07) is 0. The van der Waals surface area contributed by atoms with E-state index < -0.39 is 23.7 Å². The van der Waals surface area contributed by atoms with Crippen molar-refractivity contribution in [2.45, 2.75) is 38.1 Å². The van der Waals surface area contributed by atoms with Gasteiger partial charge in [-0.15, -0.1) is 0 Å². The van der Waals surface area contributed by atoms with Crippen LogP contribution in [0, 0.1) is 23.7 Å². The lowest BCUT2D eigenvalue weighted by molar-refractivity contribution is -0.159. The van der Waals surface area contributed by atoms with Gasteiger partial charge in [-0.05, 0) is 26.2 Å². The largest absolute Gasteiger partial charge is 0.463 e. The van der Waals surface area contributed by atoms with Gasteiger partial charge in [-0.2, -0.15) is 0 Å². The summed E-state index contributed by atoms with van der Waals surface area (Å²) >= 11 is 0. The van der Waals surface area contributed by atoms with Gasteiger partial charge in [-0.3, -0.25) is 4.79 Å². The summed E-state index contributed by atoms with van der Waals surface area (Å²) in [4.78, 5) is 23.0. The lowest BCUT2D eigenvalue weighted by atomic mass is 9.80. The highest BCUT2D eigenvalue weighted by Gasteiger charge is 2.66. The first-order valence-corrected chi connectivity index (χ1v) is 6.55. The summed E-state index contributed by atoms with van der Waals surface area (Å²) in [5.41, 5.74) is -2.04. The van der Waals surface area contributed by atoms with Crippen molar-refractivity contribution >= 4 is 11.9 Å². The first kappa shape index (κ1) is 12.8. The summed E-state index contributed by atoms with van der Waals surface area (Å²) < 4.78 is 23.6. The number of alkyl halides is 1. The van der Waals surface area contributed by atoms with Crippen LogP contribution < -0.4 is 0 Å². The van der Waals surface area contributed by atoms with E-state index in [0.29, 0.717) is 6.42 Å². The van der Waals surface area contributed by atoms with E-state index in [2.05, 4.69) is 0 Å². The number of halogens is 1. The van der Waals surface area contributed by atoms with Gasteiger partial charge in [0.15, 0.2) is 0 Å². The fraction of sp³-hybridized carbons (Fsp3) is 0.846. The quantitative estimate of drug-likeness (QED) is 0.755. The predicted octanol–water partition coefficient (Wildman–Crippen LogP) is 0.446. The second kappa shape index (κ2) is 3.91. The molecule has 0 radical (unpaired) electrons. The average Bonchev–Trinajstić information content (AvgIpc) is 2.87. The number of aliphatic hydroxyl groups is 1. The number of aliphatic hydroxyl groups excluding tert-OH is 1. The number of carbonyl (C=O) groups excluding carboxylic acids is 2. The highest BCUT2D eigenvalue weighted by atomic mass is 19.1. The Morgan fingerprint density at radius 3 is 2.84 bits per heavy atom. The highest BCUT2D eigenvalue weighted by Crippen LogP contribution is 2.57. The van der Waals surface area contributed by atoms with Crippen molar-refractivity contribution in [2.75, 3.05) is 6.61 Å². The first-order chi connectivity index (χ1) is 8.80. The van der Waals surface area contributed by atoms with Crippen molar-refractivity contribution < 1.29 is 28.6 Å². The van der Waals surface area contributed by atoms with Crippen LogP contribution in [0.5, 0.6) is 0 Å². The van der Waals surface area contributed by atoms with Crippen LogP contribution in [0.3, 0.4) is 0 Å². The molecule has 5 nitrogen and oxygen atoms in total. The Kier molecular flexibility index (Phi) is 2.64. The maximum absolute atomic E-state index is 13.4. The fourth-order valence-electron chi connectivity index (χ4n) is 3.71. The smallest absolute Gasteiger partial charge is 0.343 e. The van der Waals surface area contributed by atoms with Gasteiger partial charge in [0.25, 0.3) is 0 Å². The average molecular weight is 272 g/mol. The first-order valence-electron chi connectivity index (χ1n) is 6.55. The molecule has 6 atom stereocenters. The molecule has 2 aliphatic carbocycles. The molecule has 106 valence electrons. The number of ether oxygens (including phenoxy) is 2. The maximum Gasteiger partial charge on any atom is 0.343 e. The van der Waals surface area contributed by atoms with E-state index >= 15 is 0 Å². The van der Waals surface area contributed by atoms with Crippen molar-refractivity contribution in [2.24, 2.45) is 23.7 Å². The van der Waals surface area contributed by atoms with Crippen molar-refractivity contribution in [3.63, 3.8) is 0 Å². The molecule has 0 spiro atoms. The maximum atomic E-state index is 13.4. The Morgan fingerprint density at radius 2 is 2.21 bits per heavy atom. The summed E-state index contributed by atoms with van der Waals surface area (Å²) in [6.07, 6.45) is -0.302. The van der Waals surface area contributed by atoms with E-state index in [-0.39, 0.29) is 36.4 Å². The number of rotatable bonds is 3. The zero-order chi connectivity index (χ0) is 13.9. The summed E-state index contributed by atoms with van der Waals surface area (Å²) in [6.45, 7) is 2.27. The molecule has 0 amide bonds. The number of esters is 2. The van der Waals surface area contributed by atoms with Gasteiger partial charge < -0.3 is 14.6 Å². The molecule has 0 aromatic heterocycles. The Labute approximate surface area is 110 Å². The molecule has 2 bridgehead atoms. The van der Waals surface area contributed by atoms with Crippen molar-refractivity contribution in [1.82, 2.24) is 0 Å². The third-order valence-corrected chi connectivity index (χ3v) is 4.62. The number of hydrogen-bond donors (Lipinski definition) is 1. The van der Waals surface area contributed by atoms with Gasteiger partial charge in [-0.25, -0.2) is 9.18 Å². The Bertz CT molecular complexity index is 429. The molecule has 6 unspecified atom stereocenters. The molecule has 1 saturated heterocycles. The summed E-state index contributed by atoms with van der Waals surface area (Å²) in [7, 11) is 0. The van der Waals surface area contributed by atoms with E-state index in [1.54, 1.807) is 0 Å². The van der Waals surface area contributed by atoms with E-state index in [1.165, 1.54) is 0 Å². The minimum Gasteiger partial charge on any atom is -0.463 e. The molecule has 3 rings (SSSR count). The van der Waals surface area contributed by atoms with Crippen LogP contribution >= 0.6 is 0 Å². The van der Waals surface area contributed by atoms with Crippen LogP contribution in [0.1, 0.15) is 20.3 Å². The van der Waals surface area contributed by atoms with Gasteiger partial charge in [-0.1, -0.05) is 0 Å². The third kappa shape index (κ3) is 1.76. The third-order valence-electron chi connectivity index (χ3n) is 4.62. The Balaban J connectivity index is 1.68. The van der Waals surface area contributed by atoms with Crippen LogP contribution in [0.25, 0.3) is 0 Å². The molecule has 0 aromatic rings. The van der Waals surface area contributed by atoms with E-state index in [9.17, 15) is 19.1 Å². The van der Waals surface area contributed by atoms with Gasteiger partial charge in [0.1, 0.15) is 6.10 Å². The molecule has 2 saturated carbocycles. The molecular weight excluding hydrogens is 255 g/mol. The topological polar surface area (TPSA) is 72.8 Å². The van der Waals surface area contributed by atoms with Crippen molar-refractivity contribution in [3.05, 3.63) is 0 Å². The predicted molar refractivity (Wildman–Crippen MR) is 60.6 cm³/mol. The van der Waals surface area contributed by atoms with Gasteiger partial charge in [0.05, 0.1) is 18.6 Å². The molecule has 0 aromatic carbocycles. The Hall–Kier alpha value is -1.17. The molecule has 3 fully saturated rings. The zero-order valence-electron chi connectivity index (χ0n) is 10.8. The monoisotopic (exact) mass is 272 g/mol. The normalized spacial score (nSPS) is 43.5. The van der Waals surface area contributed by atoms with Crippen LogP contribution in [-0.4, -0.2) is 41.5 Å². The number of carbonyl (C=O) groups is 2. The molecular formula is C13H17FO5. The molecule has 1 heterocycles. The molecule has 6 heteroatoms.